The van der Waals surface area contributed by atoms with Crippen LogP contribution in [0.3, 0.4) is 0 Å². The van der Waals surface area contributed by atoms with Crippen LogP contribution in [0.15, 0.2) is 24.3 Å². The lowest BCUT2D eigenvalue weighted by Gasteiger charge is -2.04. The summed E-state index contributed by atoms with van der Waals surface area (Å²) in [5.41, 5.74) is -3.18. The summed E-state index contributed by atoms with van der Waals surface area (Å²) in [5, 5.41) is 0.751. The minimum absolute atomic E-state index is 0. The zero-order chi connectivity index (χ0) is 14.9. The van der Waals surface area contributed by atoms with Gasteiger partial charge in [0.25, 0.3) is 0 Å². The van der Waals surface area contributed by atoms with Crippen molar-refractivity contribution in [3.63, 3.8) is 0 Å². The van der Waals surface area contributed by atoms with Crippen LogP contribution in [0.5, 0.6) is 0 Å². The third-order valence-electron chi connectivity index (χ3n) is 3.51. The standard InChI is InChI=1S/C16H20F3S.ClH/c1-4-5-6-14-9-13-8-7-12(11(2)3)10-15(13)20(14)16(17,18)19;/h7-11H,4-6H2,1-3H3;1H/q+1;. The summed E-state index contributed by atoms with van der Waals surface area (Å²) in [6.45, 7) is 6.02. The van der Waals surface area contributed by atoms with Crippen LogP contribution < -0.4 is 0 Å². The Morgan fingerprint density at radius 1 is 1.14 bits per heavy atom. The monoisotopic (exact) mass is 337 g/mol. The lowest BCUT2D eigenvalue weighted by Crippen LogP contribution is -1.98. The molecule has 0 fully saturated rings. The molecule has 0 amide bonds. The first-order valence-corrected chi connectivity index (χ1v) is 8.22. The van der Waals surface area contributed by atoms with Crippen LogP contribution in [-0.2, 0) is 11.9 Å². The first-order valence-electron chi connectivity index (χ1n) is 7.00. The van der Waals surface area contributed by atoms with E-state index >= 15 is 0 Å². The zero-order valence-corrected chi connectivity index (χ0v) is 14.1. The topological polar surface area (TPSA) is 0 Å². The first kappa shape index (κ1) is 18.3. The highest BCUT2D eigenvalue weighted by Crippen LogP contribution is 2.51. The van der Waals surface area contributed by atoms with E-state index in [1.807, 2.05) is 32.9 Å². The Bertz CT molecular complexity index is 599. The summed E-state index contributed by atoms with van der Waals surface area (Å²) >= 11 is 0. The molecule has 0 N–H and O–H groups in total. The van der Waals surface area contributed by atoms with Crippen LogP contribution in [0.4, 0.5) is 13.2 Å². The number of aryl methyl sites for hydroxylation is 1. The Hall–Kier alpha value is -0.740. The maximum Gasteiger partial charge on any atom is 0.600 e. The maximum absolute atomic E-state index is 13.4. The fourth-order valence-electron chi connectivity index (χ4n) is 2.38. The lowest BCUT2D eigenvalue weighted by atomic mass is 10.0. The Morgan fingerprint density at radius 2 is 1.81 bits per heavy atom. The molecule has 0 nitrogen and oxygen atoms in total. The van der Waals surface area contributed by atoms with Gasteiger partial charge in [-0.05, 0) is 24.0 Å². The highest BCUT2D eigenvalue weighted by molar-refractivity contribution is 7.38. The van der Waals surface area contributed by atoms with Gasteiger partial charge in [-0.15, -0.1) is 25.6 Å². The van der Waals surface area contributed by atoms with Gasteiger partial charge in [0.15, 0.2) is 9.58 Å². The van der Waals surface area contributed by atoms with Crippen LogP contribution >= 0.6 is 22.9 Å². The Morgan fingerprint density at radius 3 is 2.33 bits per heavy atom. The number of benzene rings is 1. The van der Waals surface area contributed by atoms with E-state index in [-0.39, 0.29) is 18.3 Å². The second-order valence-corrected chi connectivity index (χ2v) is 7.46. The van der Waals surface area contributed by atoms with Crippen LogP contribution in [0, 0.1) is 0 Å². The van der Waals surface area contributed by atoms with Gasteiger partial charge in [0, 0.05) is 23.9 Å². The van der Waals surface area contributed by atoms with E-state index in [4.69, 9.17) is 0 Å². The SMILES string of the molecule is CCCCc1cc2ccc(C(C)C)cc2[s+]1C(F)(F)F.Cl. The van der Waals surface area contributed by atoms with Crippen molar-refractivity contribution < 1.29 is 13.2 Å². The normalized spacial score (nSPS) is 12.8. The van der Waals surface area contributed by atoms with E-state index in [1.54, 1.807) is 12.1 Å². The number of thiophene rings is 1. The maximum atomic E-state index is 13.4. The van der Waals surface area contributed by atoms with E-state index in [1.165, 1.54) is 0 Å². The molecule has 2 aromatic rings. The quantitative estimate of drug-likeness (QED) is 0.529. The van der Waals surface area contributed by atoms with Gasteiger partial charge in [-0.1, -0.05) is 33.3 Å². The van der Waals surface area contributed by atoms with Crippen molar-refractivity contribution in [2.45, 2.75) is 51.5 Å². The molecule has 1 aromatic heterocycles. The third kappa shape index (κ3) is 3.92. The molecule has 0 spiro atoms. The van der Waals surface area contributed by atoms with Crippen molar-refractivity contribution in [3.8, 4) is 0 Å². The molecule has 0 aliphatic carbocycles. The van der Waals surface area contributed by atoms with Crippen molar-refractivity contribution in [2.75, 3.05) is 0 Å². The lowest BCUT2D eigenvalue weighted by molar-refractivity contribution is -0.0867. The van der Waals surface area contributed by atoms with Gasteiger partial charge >= 0.3 is 5.51 Å². The average Bonchev–Trinajstić information content (AvgIpc) is 2.72. The van der Waals surface area contributed by atoms with Crippen molar-refractivity contribution >= 4 is 33.0 Å². The predicted molar refractivity (Wildman–Crippen MR) is 87.7 cm³/mol. The fraction of sp³-hybridized carbons (Fsp3) is 0.500. The van der Waals surface area contributed by atoms with E-state index in [0.29, 0.717) is 16.0 Å². The fourth-order valence-corrected chi connectivity index (χ4v) is 4.42. The molecule has 1 atom stereocenters. The Kier molecular flexibility index (Phi) is 6.11. The zero-order valence-electron chi connectivity index (χ0n) is 12.5. The highest BCUT2D eigenvalue weighted by Gasteiger charge is 2.47. The molecule has 0 bridgehead atoms. The number of unbranched alkanes of at least 4 members (excludes halogenated alkanes) is 1. The van der Waals surface area contributed by atoms with Crippen molar-refractivity contribution in [3.05, 3.63) is 34.7 Å². The molecular weight excluding hydrogens is 317 g/mol. The largest absolute Gasteiger partial charge is 0.600 e. The van der Waals surface area contributed by atoms with Crippen molar-refractivity contribution in [1.82, 2.24) is 0 Å². The number of alkyl halides is 3. The number of hydrogen-bond acceptors (Lipinski definition) is 0. The molecule has 1 heterocycles. The van der Waals surface area contributed by atoms with Gasteiger partial charge in [0.2, 0.25) is 0 Å². The molecule has 0 saturated carbocycles. The van der Waals surface area contributed by atoms with Gasteiger partial charge < -0.3 is 0 Å². The molecule has 0 radical (unpaired) electrons. The molecule has 2 rings (SSSR count). The molecule has 1 unspecified atom stereocenters. The van der Waals surface area contributed by atoms with Gasteiger partial charge in [-0.3, -0.25) is 0 Å². The summed E-state index contributed by atoms with van der Waals surface area (Å²) in [5.74, 6) is 0.249. The number of fused-ring (bicyclic) bond motifs is 1. The van der Waals surface area contributed by atoms with E-state index in [2.05, 4.69) is 0 Å². The van der Waals surface area contributed by atoms with E-state index in [9.17, 15) is 13.2 Å². The molecule has 0 aliphatic rings. The highest BCUT2D eigenvalue weighted by atomic mass is 35.5. The molecule has 21 heavy (non-hydrogen) atoms. The van der Waals surface area contributed by atoms with Gasteiger partial charge in [-0.25, -0.2) is 0 Å². The van der Waals surface area contributed by atoms with Crippen molar-refractivity contribution in [2.24, 2.45) is 0 Å². The first-order chi connectivity index (χ1) is 9.34. The Balaban J connectivity index is 0.00000220. The minimum Gasteiger partial charge on any atom is -0.147 e. The van der Waals surface area contributed by atoms with Crippen LogP contribution in [0.25, 0.3) is 10.1 Å². The van der Waals surface area contributed by atoms with E-state index in [0.717, 1.165) is 23.8 Å². The van der Waals surface area contributed by atoms with E-state index < -0.39 is 16.0 Å². The van der Waals surface area contributed by atoms with Gasteiger partial charge in [0.1, 0.15) is 0 Å². The number of hydrogen-bond donors (Lipinski definition) is 0. The molecule has 0 saturated heterocycles. The minimum atomic E-state index is -4.17. The third-order valence-corrected chi connectivity index (χ3v) is 5.61. The van der Waals surface area contributed by atoms with Gasteiger partial charge in [0.05, 0.1) is 10.5 Å². The summed E-state index contributed by atoms with van der Waals surface area (Å²) in [4.78, 5) is 0.551. The summed E-state index contributed by atoms with van der Waals surface area (Å²) in [7, 11) is -1.72. The average molecular weight is 338 g/mol. The smallest absolute Gasteiger partial charge is 0.147 e. The summed E-state index contributed by atoms with van der Waals surface area (Å²) in [6, 6.07) is 7.30. The molecule has 0 aliphatic heterocycles. The predicted octanol–water partition coefficient (Wildman–Crippen LogP) is 6.95. The molecular formula is C16H21ClF3S+. The number of halogens is 4. The van der Waals surface area contributed by atoms with Crippen LogP contribution in [0.1, 0.15) is 50.0 Å². The molecule has 118 valence electrons. The summed E-state index contributed by atoms with van der Waals surface area (Å²) in [6.07, 6.45) is 2.28. The van der Waals surface area contributed by atoms with Crippen LogP contribution in [-0.4, -0.2) is 0 Å². The Labute approximate surface area is 132 Å². The molecule has 1 aromatic carbocycles. The van der Waals surface area contributed by atoms with Crippen molar-refractivity contribution in [1.29, 1.82) is 0 Å². The molecule has 5 heteroatoms. The van der Waals surface area contributed by atoms with Gasteiger partial charge in [-0.2, -0.15) is 0 Å². The van der Waals surface area contributed by atoms with Crippen LogP contribution in [0.2, 0.25) is 0 Å². The number of rotatable bonds is 4. The second kappa shape index (κ2) is 7.01. The summed E-state index contributed by atoms with van der Waals surface area (Å²) < 4.78 is 40.7. The second-order valence-electron chi connectivity index (χ2n) is 5.42.